The van der Waals surface area contributed by atoms with Gasteiger partial charge in [-0.3, -0.25) is 4.79 Å². The van der Waals surface area contributed by atoms with Crippen molar-refractivity contribution in [2.24, 2.45) is 23.5 Å². The molecule has 2 aliphatic carbocycles. The zero-order valence-corrected chi connectivity index (χ0v) is 14.1. The van der Waals surface area contributed by atoms with Gasteiger partial charge < -0.3 is 20.1 Å². The molecule has 1 aromatic rings. The fourth-order valence-corrected chi connectivity index (χ4v) is 4.35. The van der Waals surface area contributed by atoms with Crippen molar-refractivity contribution in [3.63, 3.8) is 0 Å². The Morgan fingerprint density at radius 3 is 2.74 bits per heavy atom. The first kappa shape index (κ1) is 16.4. The van der Waals surface area contributed by atoms with E-state index < -0.39 is 0 Å². The van der Waals surface area contributed by atoms with E-state index in [1.165, 1.54) is 6.42 Å². The molecule has 2 bridgehead atoms. The summed E-state index contributed by atoms with van der Waals surface area (Å²) < 4.78 is 10.7. The topological polar surface area (TPSA) is 64.8 Å². The number of amides is 1. The second kappa shape index (κ2) is 6.21. The number of hydrogen-bond donors (Lipinski definition) is 1. The lowest BCUT2D eigenvalue weighted by Crippen LogP contribution is -2.45. The summed E-state index contributed by atoms with van der Waals surface area (Å²) in [5, 5.41) is 0. The third kappa shape index (κ3) is 2.76. The molecule has 2 fully saturated rings. The molecule has 5 nitrogen and oxygen atoms in total. The highest BCUT2D eigenvalue weighted by molar-refractivity contribution is 5.85. The molecule has 0 spiro atoms. The number of nitrogens with zero attached hydrogens (tertiary/aromatic N) is 1. The average Bonchev–Trinajstić information content (AvgIpc) is 3.21. The van der Waals surface area contributed by atoms with Crippen LogP contribution in [0.1, 0.15) is 24.8 Å². The molecular formula is C17H23ClN2O3. The molecule has 4 atom stereocenters. The fraction of sp³-hybridized carbons (Fsp3) is 0.588. The summed E-state index contributed by atoms with van der Waals surface area (Å²) in [6.45, 7) is 0.851. The quantitative estimate of drug-likeness (QED) is 0.917. The van der Waals surface area contributed by atoms with Gasteiger partial charge in [-0.1, -0.05) is 6.07 Å². The van der Waals surface area contributed by atoms with Gasteiger partial charge in [0.25, 0.3) is 0 Å². The number of benzene rings is 1. The number of rotatable bonds is 3. The van der Waals surface area contributed by atoms with Crippen LogP contribution in [0.5, 0.6) is 11.5 Å². The fourth-order valence-electron chi connectivity index (χ4n) is 4.35. The van der Waals surface area contributed by atoms with Gasteiger partial charge in [-0.05, 0) is 48.8 Å². The van der Waals surface area contributed by atoms with Gasteiger partial charge in [-0.25, -0.2) is 0 Å². The minimum atomic E-state index is 0. The predicted molar refractivity (Wildman–Crippen MR) is 88.6 cm³/mol. The van der Waals surface area contributed by atoms with Crippen molar-refractivity contribution in [3.8, 4) is 11.5 Å². The molecule has 0 saturated heterocycles. The van der Waals surface area contributed by atoms with Crippen LogP contribution in [0.25, 0.3) is 0 Å². The van der Waals surface area contributed by atoms with E-state index in [0.717, 1.165) is 29.9 Å². The number of fused-ring (bicyclic) bond motifs is 3. The lowest BCUT2D eigenvalue weighted by molar-refractivity contribution is -0.137. The van der Waals surface area contributed by atoms with Crippen LogP contribution in [0, 0.1) is 17.8 Å². The van der Waals surface area contributed by atoms with Crippen LogP contribution in [0.15, 0.2) is 18.2 Å². The van der Waals surface area contributed by atoms with Gasteiger partial charge in [0.2, 0.25) is 12.7 Å². The standard InChI is InChI=1S/C17H22N2O3.ClH/c1-19(8-10-2-5-13-14(6-10)22-9-21-13)17(20)15-11-3-4-12(7-11)16(15)18;/h2,5-6,11-12,15-16H,3-4,7-9,18H2,1H3;1H. The van der Waals surface area contributed by atoms with Gasteiger partial charge in [-0.15, -0.1) is 12.4 Å². The van der Waals surface area contributed by atoms with Crippen LogP contribution in [0.2, 0.25) is 0 Å². The largest absolute Gasteiger partial charge is 0.454 e. The number of ether oxygens (including phenoxy) is 2. The molecule has 2 N–H and O–H groups in total. The second-order valence-electron chi connectivity index (χ2n) is 6.82. The molecular weight excluding hydrogens is 316 g/mol. The van der Waals surface area contributed by atoms with Crippen molar-refractivity contribution in [1.29, 1.82) is 0 Å². The van der Waals surface area contributed by atoms with Crippen molar-refractivity contribution in [2.45, 2.75) is 31.8 Å². The number of carbonyl (C=O) groups excluding carboxylic acids is 1. The van der Waals surface area contributed by atoms with Gasteiger partial charge in [0.15, 0.2) is 11.5 Å². The molecule has 3 aliphatic rings. The minimum Gasteiger partial charge on any atom is -0.454 e. The van der Waals surface area contributed by atoms with Crippen molar-refractivity contribution in [2.75, 3.05) is 13.8 Å². The van der Waals surface area contributed by atoms with Crippen LogP contribution in [0.3, 0.4) is 0 Å². The van der Waals surface area contributed by atoms with E-state index in [0.29, 0.717) is 18.4 Å². The van der Waals surface area contributed by atoms with Gasteiger partial charge in [0, 0.05) is 19.6 Å². The molecule has 1 heterocycles. The predicted octanol–water partition coefficient (Wildman–Crippen LogP) is 2.17. The van der Waals surface area contributed by atoms with Gasteiger partial charge in [0.1, 0.15) is 0 Å². The summed E-state index contributed by atoms with van der Waals surface area (Å²) in [5.74, 6) is 2.78. The van der Waals surface area contributed by atoms with Crippen LogP contribution in [-0.4, -0.2) is 30.7 Å². The third-order valence-electron chi connectivity index (χ3n) is 5.50. The van der Waals surface area contributed by atoms with E-state index >= 15 is 0 Å². The highest BCUT2D eigenvalue weighted by Gasteiger charge is 2.49. The Hall–Kier alpha value is -1.46. The minimum absolute atomic E-state index is 0. The Balaban J connectivity index is 0.00000156. The lowest BCUT2D eigenvalue weighted by atomic mass is 9.84. The van der Waals surface area contributed by atoms with E-state index in [2.05, 4.69) is 0 Å². The Morgan fingerprint density at radius 1 is 1.26 bits per heavy atom. The maximum atomic E-state index is 12.8. The van der Waals surface area contributed by atoms with Gasteiger partial charge in [0.05, 0.1) is 5.92 Å². The molecule has 1 amide bonds. The van der Waals surface area contributed by atoms with Crippen LogP contribution in [0.4, 0.5) is 0 Å². The molecule has 4 unspecified atom stereocenters. The first-order valence-corrected chi connectivity index (χ1v) is 8.02. The molecule has 126 valence electrons. The maximum absolute atomic E-state index is 12.8. The Bertz CT molecular complexity index is 608. The summed E-state index contributed by atoms with van der Waals surface area (Å²) in [4.78, 5) is 14.6. The number of hydrogen-bond acceptors (Lipinski definition) is 4. The van der Waals surface area contributed by atoms with E-state index in [4.69, 9.17) is 15.2 Å². The second-order valence-corrected chi connectivity index (χ2v) is 6.82. The summed E-state index contributed by atoms with van der Waals surface area (Å²) >= 11 is 0. The van der Waals surface area contributed by atoms with Crippen LogP contribution < -0.4 is 15.2 Å². The molecule has 1 aromatic carbocycles. The SMILES string of the molecule is CN(Cc1ccc2c(c1)OCO2)C(=O)C1C2CCC(C2)C1N.Cl. The summed E-state index contributed by atoms with van der Waals surface area (Å²) in [5.41, 5.74) is 7.34. The summed E-state index contributed by atoms with van der Waals surface area (Å²) in [7, 11) is 1.87. The molecule has 1 aliphatic heterocycles. The van der Waals surface area contributed by atoms with Crippen LogP contribution >= 0.6 is 12.4 Å². The van der Waals surface area contributed by atoms with E-state index in [1.54, 1.807) is 0 Å². The average molecular weight is 339 g/mol. The maximum Gasteiger partial charge on any atom is 0.231 e. The van der Waals surface area contributed by atoms with Crippen molar-refractivity contribution < 1.29 is 14.3 Å². The third-order valence-corrected chi connectivity index (χ3v) is 5.50. The van der Waals surface area contributed by atoms with Crippen molar-refractivity contribution in [3.05, 3.63) is 23.8 Å². The summed E-state index contributed by atoms with van der Waals surface area (Å²) in [6, 6.07) is 5.88. The Morgan fingerprint density at radius 2 is 2.00 bits per heavy atom. The Labute approximate surface area is 142 Å². The van der Waals surface area contributed by atoms with Gasteiger partial charge >= 0.3 is 0 Å². The monoisotopic (exact) mass is 338 g/mol. The Kier molecular flexibility index (Phi) is 4.43. The molecule has 4 rings (SSSR count). The summed E-state index contributed by atoms with van der Waals surface area (Å²) in [6.07, 6.45) is 3.49. The molecule has 0 radical (unpaired) electrons. The number of nitrogens with two attached hydrogens (primary N) is 1. The first-order valence-electron chi connectivity index (χ1n) is 8.02. The zero-order chi connectivity index (χ0) is 15.3. The van der Waals surface area contributed by atoms with E-state index in [9.17, 15) is 4.79 Å². The van der Waals surface area contributed by atoms with Crippen molar-refractivity contribution >= 4 is 18.3 Å². The zero-order valence-electron chi connectivity index (χ0n) is 13.2. The highest BCUT2D eigenvalue weighted by atomic mass is 35.5. The normalized spacial score (nSPS) is 30.2. The molecule has 23 heavy (non-hydrogen) atoms. The lowest BCUT2D eigenvalue weighted by Gasteiger charge is -2.30. The first-order chi connectivity index (χ1) is 10.6. The highest BCUT2D eigenvalue weighted by Crippen LogP contribution is 2.48. The number of halogens is 1. The van der Waals surface area contributed by atoms with E-state index in [1.807, 2.05) is 30.1 Å². The molecule has 6 heteroatoms. The van der Waals surface area contributed by atoms with E-state index in [-0.39, 0.29) is 37.1 Å². The molecule has 0 aromatic heterocycles. The van der Waals surface area contributed by atoms with Crippen molar-refractivity contribution in [1.82, 2.24) is 4.90 Å². The number of carbonyl (C=O) groups is 1. The molecule has 2 saturated carbocycles. The smallest absolute Gasteiger partial charge is 0.231 e. The van der Waals surface area contributed by atoms with Crippen LogP contribution in [-0.2, 0) is 11.3 Å². The van der Waals surface area contributed by atoms with Gasteiger partial charge in [-0.2, -0.15) is 0 Å².